The lowest BCUT2D eigenvalue weighted by Gasteiger charge is -2.22. The molecule has 0 spiro atoms. The van der Waals surface area contributed by atoms with E-state index in [-0.39, 0.29) is 11.4 Å². The van der Waals surface area contributed by atoms with Crippen molar-refractivity contribution in [2.75, 3.05) is 12.4 Å². The van der Waals surface area contributed by atoms with Gasteiger partial charge in [0.25, 0.3) is 0 Å². The second kappa shape index (κ2) is 11.1. The van der Waals surface area contributed by atoms with Crippen molar-refractivity contribution in [3.05, 3.63) is 60.1 Å². The molecule has 0 saturated heterocycles. The SMILES string of the molecule is COc1cnc2c(-c3nc4cc(F)c(O[C@H]5CCC[C@H]5OC(=O)Nc5cnc(C(=O)O)nc5)cc4s3)cc(C)cc2n1. The molecule has 2 N–H and O–H groups in total. The van der Waals surface area contributed by atoms with E-state index < -0.39 is 35.9 Å². The molecule has 1 amide bonds. The average molecular weight is 591 g/mol. The van der Waals surface area contributed by atoms with Crippen LogP contribution in [0.2, 0.25) is 0 Å². The number of rotatable bonds is 7. The van der Waals surface area contributed by atoms with Crippen LogP contribution in [0.15, 0.2) is 42.9 Å². The van der Waals surface area contributed by atoms with Crippen LogP contribution >= 0.6 is 11.3 Å². The molecule has 42 heavy (non-hydrogen) atoms. The summed E-state index contributed by atoms with van der Waals surface area (Å²) < 4.78 is 32.7. The van der Waals surface area contributed by atoms with Gasteiger partial charge in [-0.1, -0.05) is 0 Å². The number of carboxylic acid groups (broad SMARTS) is 1. The number of aromatic nitrogens is 5. The van der Waals surface area contributed by atoms with Gasteiger partial charge in [0, 0.05) is 17.7 Å². The normalized spacial score (nSPS) is 16.5. The minimum atomic E-state index is -1.28. The number of amides is 1. The molecule has 1 fully saturated rings. The molecule has 1 aliphatic rings. The van der Waals surface area contributed by atoms with Crippen molar-refractivity contribution in [1.82, 2.24) is 24.9 Å². The standard InChI is InChI=1S/C28H23FN6O6S/c1-13-6-15(24-18(7-13)34-23(39-2)12-30-24)26-35-17-8-16(29)21(9-22(17)42-26)40-19-4-3-5-20(19)41-28(38)33-14-10-31-25(27(36)37)32-11-14/h6-12,19-20H,3-5H2,1-2H3,(H,33,38)(H,36,37)/t19-,20+/m0/s1. The smallest absolute Gasteiger partial charge is 0.412 e. The highest BCUT2D eigenvalue weighted by Gasteiger charge is 2.33. The highest BCUT2D eigenvalue weighted by atomic mass is 32.1. The van der Waals surface area contributed by atoms with Gasteiger partial charge < -0.3 is 19.3 Å². The van der Waals surface area contributed by atoms with Gasteiger partial charge in [-0.2, -0.15) is 0 Å². The van der Waals surface area contributed by atoms with Crippen LogP contribution in [0, 0.1) is 12.7 Å². The third-order valence-electron chi connectivity index (χ3n) is 6.67. The maximum absolute atomic E-state index is 15.2. The van der Waals surface area contributed by atoms with Crippen LogP contribution in [-0.2, 0) is 4.74 Å². The fourth-order valence-corrected chi connectivity index (χ4v) is 5.75. The van der Waals surface area contributed by atoms with Crippen LogP contribution < -0.4 is 14.8 Å². The number of aryl methyl sites for hydroxylation is 1. The highest BCUT2D eigenvalue weighted by molar-refractivity contribution is 7.21. The molecule has 6 rings (SSSR count). The Morgan fingerprint density at radius 1 is 1.02 bits per heavy atom. The van der Waals surface area contributed by atoms with E-state index in [2.05, 4.69) is 30.2 Å². The minimum absolute atomic E-state index is 0.0369. The van der Waals surface area contributed by atoms with Crippen molar-refractivity contribution < 1.29 is 33.3 Å². The highest BCUT2D eigenvalue weighted by Crippen LogP contribution is 2.38. The number of fused-ring (bicyclic) bond motifs is 2. The van der Waals surface area contributed by atoms with Gasteiger partial charge in [-0.05, 0) is 43.9 Å². The molecule has 0 bridgehead atoms. The zero-order chi connectivity index (χ0) is 29.4. The van der Waals surface area contributed by atoms with Crippen LogP contribution in [0.4, 0.5) is 14.9 Å². The van der Waals surface area contributed by atoms with Crippen LogP contribution in [0.5, 0.6) is 11.6 Å². The molecular weight excluding hydrogens is 567 g/mol. The van der Waals surface area contributed by atoms with Gasteiger partial charge in [-0.15, -0.1) is 11.3 Å². The summed E-state index contributed by atoms with van der Waals surface area (Å²) in [6.07, 6.45) is 3.73. The first-order valence-electron chi connectivity index (χ1n) is 12.9. The number of nitrogens with one attached hydrogen (secondary N) is 1. The summed E-state index contributed by atoms with van der Waals surface area (Å²) in [6, 6.07) is 6.81. The number of hydrogen-bond acceptors (Lipinski definition) is 11. The van der Waals surface area contributed by atoms with E-state index in [4.69, 9.17) is 19.3 Å². The molecule has 2 aromatic carbocycles. The van der Waals surface area contributed by atoms with Crippen molar-refractivity contribution in [3.8, 4) is 22.2 Å². The van der Waals surface area contributed by atoms with Crippen molar-refractivity contribution in [2.45, 2.75) is 38.4 Å². The predicted molar refractivity (Wildman–Crippen MR) is 151 cm³/mol. The summed E-state index contributed by atoms with van der Waals surface area (Å²) in [5.41, 5.74) is 3.72. The Morgan fingerprint density at radius 2 is 1.81 bits per heavy atom. The lowest BCUT2D eigenvalue weighted by atomic mass is 10.1. The number of anilines is 1. The van der Waals surface area contributed by atoms with E-state index in [1.807, 2.05) is 19.1 Å². The third-order valence-corrected chi connectivity index (χ3v) is 7.72. The van der Waals surface area contributed by atoms with Crippen LogP contribution in [0.3, 0.4) is 0 Å². The number of ether oxygens (including phenoxy) is 3. The molecule has 2 atom stereocenters. The van der Waals surface area contributed by atoms with E-state index in [1.54, 1.807) is 12.3 Å². The molecule has 214 valence electrons. The summed E-state index contributed by atoms with van der Waals surface area (Å²) in [5.74, 6) is -1.82. The van der Waals surface area contributed by atoms with Gasteiger partial charge in [0.15, 0.2) is 11.6 Å². The number of hydrogen-bond donors (Lipinski definition) is 2. The molecule has 3 heterocycles. The Bertz CT molecular complexity index is 1830. The molecule has 0 unspecified atom stereocenters. The molecule has 1 aliphatic carbocycles. The Labute approximate surface area is 241 Å². The van der Waals surface area contributed by atoms with Gasteiger partial charge in [0.2, 0.25) is 11.7 Å². The number of nitrogens with zero attached hydrogens (tertiary/aromatic N) is 5. The molecule has 0 radical (unpaired) electrons. The number of halogens is 1. The van der Waals surface area contributed by atoms with Crippen molar-refractivity contribution in [3.63, 3.8) is 0 Å². The Hall–Kier alpha value is -4.98. The molecule has 14 heteroatoms. The predicted octanol–water partition coefficient (Wildman–Crippen LogP) is 5.40. The summed E-state index contributed by atoms with van der Waals surface area (Å²) in [4.78, 5) is 44.3. The molecule has 3 aromatic heterocycles. The Morgan fingerprint density at radius 3 is 2.57 bits per heavy atom. The van der Waals surface area contributed by atoms with Crippen LogP contribution in [0.25, 0.3) is 31.8 Å². The first kappa shape index (κ1) is 27.2. The topological polar surface area (TPSA) is 159 Å². The zero-order valence-electron chi connectivity index (χ0n) is 22.3. The molecule has 5 aromatic rings. The quantitative estimate of drug-likeness (QED) is 0.250. The van der Waals surface area contributed by atoms with Gasteiger partial charge in [-0.3, -0.25) is 5.32 Å². The van der Waals surface area contributed by atoms with E-state index >= 15 is 4.39 Å². The zero-order valence-corrected chi connectivity index (χ0v) is 23.1. The number of methoxy groups -OCH3 is 1. The lowest BCUT2D eigenvalue weighted by molar-refractivity contribution is 0.0400. The Kier molecular flexibility index (Phi) is 7.20. The van der Waals surface area contributed by atoms with Gasteiger partial charge in [0.05, 0.1) is 52.6 Å². The van der Waals surface area contributed by atoms with Crippen LogP contribution in [0.1, 0.15) is 35.4 Å². The average Bonchev–Trinajstić information content (AvgIpc) is 3.58. The van der Waals surface area contributed by atoms with Crippen molar-refractivity contribution in [1.29, 1.82) is 0 Å². The van der Waals surface area contributed by atoms with Gasteiger partial charge >= 0.3 is 12.1 Å². The minimum Gasteiger partial charge on any atom is -0.483 e. The maximum atomic E-state index is 15.2. The second-order valence-electron chi connectivity index (χ2n) is 9.62. The van der Waals surface area contributed by atoms with E-state index in [1.165, 1.54) is 24.5 Å². The third kappa shape index (κ3) is 5.48. The Balaban J connectivity index is 1.20. The van der Waals surface area contributed by atoms with Gasteiger partial charge in [0.1, 0.15) is 17.2 Å². The number of carbonyl (C=O) groups excluding carboxylic acids is 1. The largest absolute Gasteiger partial charge is 0.483 e. The van der Waals surface area contributed by atoms with E-state index in [0.29, 0.717) is 40.3 Å². The summed E-state index contributed by atoms with van der Waals surface area (Å²) in [7, 11) is 1.53. The first-order valence-corrected chi connectivity index (χ1v) is 13.7. The monoisotopic (exact) mass is 590 g/mol. The molecule has 1 saturated carbocycles. The summed E-state index contributed by atoms with van der Waals surface area (Å²) >= 11 is 1.38. The van der Waals surface area contributed by atoms with Crippen LogP contribution in [-0.4, -0.2) is 61.4 Å². The molecular formula is C28H23FN6O6S. The number of carbonyl (C=O) groups is 2. The second-order valence-corrected chi connectivity index (χ2v) is 10.6. The summed E-state index contributed by atoms with van der Waals surface area (Å²) in [5, 5.41) is 12.0. The number of thiazole rings is 1. The molecule has 0 aliphatic heterocycles. The first-order chi connectivity index (χ1) is 20.3. The van der Waals surface area contributed by atoms with Crippen molar-refractivity contribution in [2.24, 2.45) is 0 Å². The van der Waals surface area contributed by atoms with Gasteiger partial charge in [-0.25, -0.2) is 38.9 Å². The maximum Gasteiger partial charge on any atom is 0.412 e. The number of benzene rings is 2. The van der Waals surface area contributed by atoms with E-state index in [9.17, 15) is 9.59 Å². The number of carboxylic acids is 1. The van der Waals surface area contributed by atoms with E-state index in [0.717, 1.165) is 34.6 Å². The molecule has 12 nitrogen and oxygen atoms in total. The summed E-state index contributed by atoms with van der Waals surface area (Å²) in [6.45, 7) is 1.95. The lowest BCUT2D eigenvalue weighted by Crippen LogP contribution is -2.32. The fourth-order valence-electron chi connectivity index (χ4n) is 4.76. The van der Waals surface area contributed by atoms with Crippen molar-refractivity contribution >= 4 is 50.3 Å². The fraction of sp³-hybridized carbons (Fsp3) is 0.250. The number of aromatic carboxylic acids is 1.